The van der Waals surface area contributed by atoms with Crippen molar-refractivity contribution in [2.24, 2.45) is 0 Å². The minimum atomic E-state index is -1.04. The molecule has 0 aliphatic carbocycles. The molecule has 2 amide bonds. The number of hydrogen-bond acceptors (Lipinski definition) is 3. The molecule has 0 radical (unpaired) electrons. The Hall–Kier alpha value is -3.29. The third-order valence-corrected chi connectivity index (χ3v) is 5.18. The normalized spacial score (nSPS) is 14.4. The Kier molecular flexibility index (Phi) is 5.24. The molecule has 0 saturated carbocycles. The Morgan fingerprint density at radius 2 is 1.66 bits per heavy atom. The van der Waals surface area contributed by atoms with E-state index in [0.29, 0.717) is 39.1 Å². The number of rotatable bonds is 4. The summed E-state index contributed by atoms with van der Waals surface area (Å²) in [7, 11) is 0. The smallest absolute Gasteiger partial charge is 0.254 e. The van der Waals surface area contributed by atoms with Crippen LogP contribution in [0.25, 0.3) is 11.0 Å². The van der Waals surface area contributed by atoms with Crippen molar-refractivity contribution in [2.45, 2.75) is 13.0 Å². The predicted molar refractivity (Wildman–Crippen MR) is 103 cm³/mol. The van der Waals surface area contributed by atoms with Crippen LogP contribution in [0.3, 0.4) is 0 Å². The van der Waals surface area contributed by atoms with E-state index >= 15 is 0 Å². The first kappa shape index (κ1) is 19.0. The van der Waals surface area contributed by atoms with Crippen LogP contribution in [0.5, 0.6) is 0 Å². The average Bonchev–Trinajstić information content (AvgIpc) is 3.17. The maximum Gasteiger partial charge on any atom is 0.254 e. The summed E-state index contributed by atoms with van der Waals surface area (Å²) in [6.45, 7) is 2.08. The van der Waals surface area contributed by atoms with Crippen LogP contribution >= 0.6 is 0 Å². The van der Waals surface area contributed by atoms with Gasteiger partial charge in [-0.05, 0) is 30.3 Å². The molecule has 1 fully saturated rings. The fourth-order valence-corrected chi connectivity index (χ4v) is 3.53. The Bertz CT molecular complexity index is 1060. The van der Waals surface area contributed by atoms with E-state index in [2.05, 4.69) is 4.98 Å². The van der Waals surface area contributed by atoms with E-state index in [1.165, 1.54) is 6.07 Å². The fourth-order valence-electron chi connectivity index (χ4n) is 3.53. The molecule has 8 heteroatoms. The molecule has 0 spiro atoms. The zero-order valence-electron chi connectivity index (χ0n) is 15.7. The van der Waals surface area contributed by atoms with E-state index in [-0.39, 0.29) is 17.4 Å². The maximum atomic E-state index is 13.4. The SMILES string of the molecule is O=C(CCn1cnc2ccccc21)N1CCN(C(=O)c2ccc(F)c(F)c2)CC1. The number of nitrogens with zero attached hydrogens (tertiary/aromatic N) is 4. The molecule has 0 unspecified atom stereocenters. The summed E-state index contributed by atoms with van der Waals surface area (Å²) in [5.41, 5.74) is 1.99. The zero-order valence-corrected chi connectivity index (χ0v) is 15.7. The zero-order chi connectivity index (χ0) is 20.4. The molecule has 2 aromatic carbocycles. The van der Waals surface area contributed by atoms with E-state index in [1.807, 2.05) is 28.8 Å². The molecule has 6 nitrogen and oxygen atoms in total. The Morgan fingerprint density at radius 3 is 2.41 bits per heavy atom. The Labute approximate surface area is 166 Å². The molecular formula is C21H20F2N4O2. The lowest BCUT2D eigenvalue weighted by Crippen LogP contribution is -2.50. The van der Waals surface area contributed by atoms with Crippen LogP contribution in [0.4, 0.5) is 8.78 Å². The van der Waals surface area contributed by atoms with Crippen LogP contribution in [-0.4, -0.2) is 57.3 Å². The quantitative estimate of drug-likeness (QED) is 0.679. The number of imidazole rings is 1. The van der Waals surface area contributed by atoms with E-state index in [4.69, 9.17) is 0 Å². The van der Waals surface area contributed by atoms with Gasteiger partial charge in [-0.2, -0.15) is 0 Å². The standard InChI is InChI=1S/C21H20F2N4O2/c22-16-6-5-15(13-17(16)23)21(29)26-11-9-25(10-12-26)20(28)7-8-27-14-24-18-3-1-2-4-19(18)27/h1-6,13-14H,7-12H2. The van der Waals surface area contributed by atoms with Gasteiger partial charge in [-0.25, -0.2) is 13.8 Å². The second-order valence-corrected chi connectivity index (χ2v) is 6.98. The highest BCUT2D eigenvalue weighted by Crippen LogP contribution is 2.15. The largest absolute Gasteiger partial charge is 0.339 e. The number of halogens is 2. The van der Waals surface area contributed by atoms with Gasteiger partial charge < -0.3 is 14.4 Å². The second kappa shape index (κ2) is 7.98. The van der Waals surface area contributed by atoms with Gasteiger partial charge in [0.1, 0.15) is 0 Å². The van der Waals surface area contributed by atoms with E-state index in [1.54, 1.807) is 16.1 Å². The molecule has 1 saturated heterocycles. The van der Waals surface area contributed by atoms with Gasteiger partial charge in [-0.3, -0.25) is 9.59 Å². The summed E-state index contributed by atoms with van der Waals surface area (Å²) in [5.74, 6) is -2.37. The first-order valence-corrected chi connectivity index (χ1v) is 9.45. The molecule has 0 atom stereocenters. The van der Waals surface area contributed by atoms with Crippen molar-refractivity contribution < 1.29 is 18.4 Å². The van der Waals surface area contributed by atoms with Crippen LogP contribution in [0.15, 0.2) is 48.8 Å². The molecule has 4 rings (SSSR count). The number of piperazine rings is 1. The molecule has 2 heterocycles. The molecule has 0 N–H and O–H groups in total. The van der Waals surface area contributed by atoms with E-state index in [9.17, 15) is 18.4 Å². The van der Waals surface area contributed by atoms with Gasteiger partial charge in [-0.1, -0.05) is 12.1 Å². The lowest BCUT2D eigenvalue weighted by molar-refractivity contribution is -0.132. The van der Waals surface area contributed by atoms with Gasteiger partial charge in [-0.15, -0.1) is 0 Å². The van der Waals surface area contributed by atoms with Crippen molar-refractivity contribution in [1.82, 2.24) is 19.4 Å². The van der Waals surface area contributed by atoms with Crippen molar-refractivity contribution in [3.8, 4) is 0 Å². The molecule has 1 aliphatic rings. The number of carbonyl (C=O) groups is 2. The number of amides is 2. The Morgan fingerprint density at radius 1 is 0.931 bits per heavy atom. The number of aryl methyl sites for hydroxylation is 1. The lowest BCUT2D eigenvalue weighted by atomic mass is 10.1. The maximum absolute atomic E-state index is 13.4. The molecule has 1 aliphatic heterocycles. The predicted octanol–water partition coefficient (Wildman–Crippen LogP) is 2.69. The lowest BCUT2D eigenvalue weighted by Gasteiger charge is -2.35. The third kappa shape index (κ3) is 3.96. The summed E-state index contributed by atoms with van der Waals surface area (Å²) in [5, 5.41) is 0. The highest BCUT2D eigenvalue weighted by Gasteiger charge is 2.25. The van der Waals surface area contributed by atoms with Crippen LogP contribution in [-0.2, 0) is 11.3 Å². The molecule has 0 bridgehead atoms. The first-order valence-electron chi connectivity index (χ1n) is 9.45. The fraction of sp³-hybridized carbons (Fsp3) is 0.286. The summed E-state index contributed by atoms with van der Waals surface area (Å²) < 4.78 is 28.4. The minimum Gasteiger partial charge on any atom is -0.339 e. The van der Waals surface area contributed by atoms with Crippen molar-refractivity contribution in [3.05, 3.63) is 66.0 Å². The van der Waals surface area contributed by atoms with Crippen molar-refractivity contribution >= 4 is 22.8 Å². The molecule has 3 aromatic rings. The molecular weight excluding hydrogens is 378 g/mol. The molecule has 1 aromatic heterocycles. The second-order valence-electron chi connectivity index (χ2n) is 6.98. The monoisotopic (exact) mass is 398 g/mol. The summed E-state index contributed by atoms with van der Waals surface area (Å²) in [4.78, 5) is 32.6. The number of fused-ring (bicyclic) bond motifs is 1. The van der Waals surface area contributed by atoms with Crippen molar-refractivity contribution in [2.75, 3.05) is 26.2 Å². The number of hydrogen-bond donors (Lipinski definition) is 0. The van der Waals surface area contributed by atoms with Crippen molar-refractivity contribution in [3.63, 3.8) is 0 Å². The van der Waals surface area contributed by atoms with Crippen molar-refractivity contribution in [1.29, 1.82) is 0 Å². The van der Waals surface area contributed by atoms with Gasteiger partial charge >= 0.3 is 0 Å². The van der Waals surface area contributed by atoms with Gasteiger partial charge in [0.25, 0.3) is 5.91 Å². The first-order chi connectivity index (χ1) is 14.0. The molecule has 150 valence electrons. The van der Waals surface area contributed by atoms with E-state index in [0.717, 1.165) is 23.2 Å². The highest BCUT2D eigenvalue weighted by atomic mass is 19.2. The van der Waals surface area contributed by atoms with Crippen LogP contribution < -0.4 is 0 Å². The minimum absolute atomic E-state index is 0.0164. The summed E-state index contributed by atoms with van der Waals surface area (Å²) in [6.07, 6.45) is 2.08. The van der Waals surface area contributed by atoms with Gasteiger partial charge in [0.15, 0.2) is 11.6 Å². The molecule has 29 heavy (non-hydrogen) atoms. The third-order valence-electron chi connectivity index (χ3n) is 5.18. The number of para-hydroxylation sites is 2. The van der Waals surface area contributed by atoms with Gasteiger partial charge in [0.2, 0.25) is 5.91 Å². The average molecular weight is 398 g/mol. The Balaban J connectivity index is 1.31. The van der Waals surface area contributed by atoms with Crippen LogP contribution in [0, 0.1) is 11.6 Å². The summed E-state index contributed by atoms with van der Waals surface area (Å²) >= 11 is 0. The van der Waals surface area contributed by atoms with Gasteiger partial charge in [0.05, 0.1) is 17.4 Å². The number of benzene rings is 2. The summed E-state index contributed by atoms with van der Waals surface area (Å²) in [6, 6.07) is 10.9. The number of aromatic nitrogens is 2. The van der Waals surface area contributed by atoms with Gasteiger partial charge in [0, 0.05) is 44.7 Å². The highest BCUT2D eigenvalue weighted by molar-refractivity contribution is 5.94. The van der Waals surface area contributed by atoms with E-state index < -0.39 is 11.6 Å². The number of carbonyl (C=O) groups excluding carboxylic acids is 2. The van der Waals surface area contributed by atoms with Crippen LogP contribution in [0.1, 0.15) is 16.8 Å². The van der Waals surface area contributed by atoms with Crippen LogP contribution in [0.2, 0.25) is 0 Å². The topological polar surface area (TPSA) is 58.4 Å².